The number of fused-ring (bicyclic) bond motifs is 1. The summed E-state index contributed by atoms with van der Waals surface area (Å²) < 4.78 is 12.8. The number of nitrogens with zero attached hydrogens (tertiary/aromatic N) is 1. The summed E-state index contributed by atoms with van der Waals surface area (Å²) in [4.78, 5) is 25.8. The van der Waals surface area contributed by atoms with Gasteiger partial charge in [0.25, 0.3) is 0 Å². The van der Waals surface area contributed by atoms with Crippen LogP contribution in [0.4, 0.5) is 4.39 Å². The molecule has 0 spiro atoms. The van der Waals surface area contributed by atoms with E-state index in [9.17, 15) is 14.0 Å². The third kappa shape index (κ3) is 2.64. The molecule has 0 aromatic heterocycles. The number of amides is 2. The summed E-state index contributed by atoms with van der Waals surface area (Å²) >= 11 is 1.67. The average molecular weight is 308 g/mol. The second-order valence-electron chi connectivity index (χ2n) is 5.61. The minimum absolute atomic E-state index is 0.0597. The van der Waals surface area contributed by atoms with E-state index < -0.39 is 6.04 Å². The smallest absolute Gasteiger partial charge is 0.243 e. The Bertz CT molecular complexity index is 578. The van der Waals surface area contributed by atoms with Crippen molar-refractivity contribution in [2.75, 3.05) is 5.75 Å². The van der Waals surface area contributed by atoms with Gasteiger partial charge >= 0.3 is 0 Å². The van der Waals surface area contributed by atoms with Crippen LogP contribution in [0.25, 0.3) is 0 Å². The highest BCUT2D eigenvalue weighted by molar-refractivity contribution is 8.01. The summed E-state index contributed by atoms with van der Waals surface area (Å²) in [5.41, 5.74) is 0.839. The molecule has 6 heteroatoms. The van der Waals surface area contributed by atoms with E-state index in [4.69, 9.17) is 0 Å². The van der Waals surface area contributed by atoms with E-state index in [0.717, 1.165) is 12.0 Å². The molecule has 0 radical (unpaired) electrons. The largest absolute Gasteiger partial charge is 0.350 e. The molecule has 1 aromatic carbocycles. The third-order valence-corrected chi connectivity index (χ3v) is 5.63. The van der Waals surface area contributed by atoms with Crippen LogP contribution in [-0.2, 0) is 16.1 Å². The lowest BCUT2D eigenvalue weighted by molar-refractivity contribution is -0.138. The van der Waals surface area contributed by atoms with E-state index in [0.29, 0.717) is 18.7 Å². The molecule has 2 amide bonds. The number of carbonyl (C=O) groups is 2. The third-order valence-electron chi connectivity index (χ3n) is 4.13. The lowest BCUT2D eigenvalue weighted by Gasteiger charge is -2.29. The van der Waals surface area contributed by atoms with Crippen molar-refractivity contribution in [3.63, 3.8) is 0 Å². The highest BCUT2D eigenvalue weighted by Gasteiger charge is 2.52. The van der Waals surface area contributed by atoms with Crippen LogP contribution in [0.15, 0.2) is 24.3 Å². The van der Waals surface area contributed by atoms with Crippen molar-refractivity contribution in [1.82, 2.24) is 10.2 Å². The Morgan fingerprint density at radius 3 is 2.90 bits per heavy atom. The number of thioether (sulfide) groups is 1. The Labute approximate surface area is 127 Å². The molecule has 1 N–H and O–H groups in total. The van der Waals surface area contributed by atoms with E-state index in [1.54, 1.807) is 28.8 Å². The highest BCUT2D eigenvalue weighted by atomic mass is 32.2. The van der Waals surface area contributed by atoms with E-state index >= 15 is 0 Å². The van der Waals surface area contributed by atoms with Gasteiger partial charge < -0.3 is 10.2 Å². The Morgan fingerprint density at radius 1 is 1.48 bits per heavy atom. The number of carbonyl (C=O) groups excluding carboxylic acids is 2. The molecule has 0 bridgehead atoms. The molecular weight excluding hydrogens is 291 g/mol. The maximum absolute atomic E-state index is 12.8. The number of benzene rings is 1. The van der Waals surface area contributed by atoms with Gasteiger partial charge in [-0.25, -0.2) is 4.39 Å². The molecule has 0 saturated carbocycles. The molecule has 2 aliphatic rings. The summed E-state index contributed by atoms with van der Waals surface area (Å²) in [5.74, 6) is 0.267. The standard InChI is InChI=1S/C15H17FN2O2S/c1-15-7-6-13(19)18(15)12(9-21-15)14(20)17-8-10-2-4-11(16)5-3-10/h2-5,12H,6-9H2,1H3,(H,17,20). The van der Waals surface area contributed by atoms with Gasteiger partial charge in [0.05, 0.1) is 4.87 Å². The second-order valence-corrected chi connectivity index (χ2v) is 7.11. The van der Waals surface area contributed by atoms with E-state index in [1.807, 2.05) is 6.92 Å². The van der Waals surface area contributed by atoms with Gasteiger partial charge in [0.15, 0.2) is 0 Å². The summed E-state index contributed by atoms with van der Waals surface area (Å²) in [6, 6.07) is 5.63. The number of halogens is 1. The predicted molar refractivity (Wildman–Crippen MR) is 79.0 cm³/mol. The molecule has 2 fully saturated rings. The van der Waals surface area contributed by atoms with Crippen molar-refractivity contribution in [3.8, 4) is 0 Å². The monoisotopic (exact) mass is 308 g/mol. The van der Waals surface area contributed by atoms with E-state index in [-0.39, 0.29) is 22.5 Å². The van der Waals surface area contributed by atoms with Crippen molar-refractivity contribution in [2.45, 2.75) is 37.2 Å². The maximum Gasteiger partial charge on any atom is 0.243 e. The molecule has 112 valence electrons. The summed E-state index contributed by atoms with van der Waals surface area (Å²) in [6.07, 6.45) is 1.32. The first-order valence-corrected chi connectivity index (χ1v) is 7.96. The molecule has 0 aliphatic carbocycles. The van der Waals surface area contributed by atoms with Gasteiger partial charge in [0.1, 0.15) is 11.9 Å². The predicted octanol–water partition coefficient (Wildman–Crippen LogP) is 1.90. The first kappa shape index (κ1) is 14.4. The van der Waals surface area contributed by atoms with E-state index in [1.165, 1.54) is 12.1 Å². The Balaban J connectivity index is 1.63. The highest BCUT2D eigenvalue weighted by Crippen LogP contribution is 2.47. The molecule has 2 heterocycles. The molecule has 21 heavy (non-hydrogen) atoms. The van der Waals surface area contributed by atoms with Crippen LogP contribution in [0.1, 0.15) is 25.3 Å². The van der Waals surface area contributed by atoms with Crippen LogP contribution in [0.5, 0.6) is 0 Å². The SMILES string of the molecule is CC12CCC(=O)N1C(C(=O)NCc1ccc(F)cc1)CS2. The maximum atomic E-state index is 12.8. The lowest BCUT2D eigenvalue weighted by Crippen LogP contribution is -2.49. The van der Waals surface area contributed by atoms with Crippen LogP contribution in [0.3, 0.4) is 0 Å². The molecule has 2 unspecified atom stereocenters. The average Bonchev–Trinajstić information content (AvgIpc) is 2.95. The van der Waals surface area contributed by atoms with Crippen molar-refractivity contribution >= 4 is 23.6 Å². The number of rotatable bonds is 3. The van der Waals surface area contributed by atoms with Crippen LogP contribution < -0.4 is 5.32 Å². The Hall–Kier alpha value is -1.56. The molecular formula is C15H17FN2O2S. The minimum atomic E-state index is -0.393. The van der Waals surface area contributed by atoms with Crippen molar-refractivity contribution in [3.05, 3.63) is 35.6 Å². The summed E-state index contributed by atoms with van der Waals surface area (Å²) in [7, 11) is 0. The van der Waals surface area contributed by atoms with Crippen LogP contribution in [0, 0.1) is 5.82 Å². The van der Waals surface area contributed by atoms with Gasteiger partial charge in [-0.3, -0.25) is 9.59 Å². The number of hydrogen-bond donors (Lipinski definition) is 1. The molecule has 2 saturated heterocycles. The van der Waals surface area contributed by atoms with Gasteiger partial charge in [-0.1, -0.05) is 12.1 Å². The molecule has 2 atom stereocenters. The molecule has 4 nitrogen and oxygen atoms in total. The van der Waals surface area contributed by atoms with Crippen molar-refractivity contribution in [1.29, 1.82) is 0 Å². The minimum Gasteiger partial charge on any atom is -0.350 e. The Kier molecular flexibility index (Phi) is 3.65. The lowest BCUT2D eigenvalue weighted by atomic mass is 10.2. The fourth-order valence-electron chi connectivity index (χ4n) is 2.92. The zero-order chi connectivity index (χ0) is 15.0. The fraction of sp³-hybridized carbons (Fsp3) is 0.467. The van der Waals surface area contributed by atoms with Gasteiger partial charge in [-0.2, -0.15) is 0 Å². The van der Waals surface area contributed by atoms with Crippen molar-refractivity contribution in [2.24, 2.45) is 0 Å². The van der Waals surface area contributed by atoms with Crippen LogP contribution >= 0.6 is 11.8 Å². The van der Waals surface area contributed by atoms with Gasteiger partial charge in [-0.15, -0.1) is 11.8 Å². The first-order chi connectivity index (χ1) is 9.99. The second kappa shape index (κ2) is 5.33. The quantitative estimate of drug-likeness (QED) is 0.928. The number of nitrogens with one attached hydrogen (secondary N) is 1. The van der Waals surface area contributed by atoms with E-state index in [2.05, 4.69) is 5.32 Å². The molecule has 1 aromatic rings. The van der Waals surface area contributed by atoms with Crippen molar-refractivity contribution < 1.29 is 14.0 Å². The fourth-order valence-corrected chi connectivity index (χ4v) is 4.36. The topological polar surface area (TPSA) is 49.4 Å². The Morgan fingerprint density at radius 2 is 2.19 bits per heavy atom. The zero-order valence-electron chi connectivity index (χ0n) is 11.8. The normalized spacial score (nSPS) is 27.8. The van der Waals surface area contributed by atoms with Crippen LogP contribution in [-0.4, -0.2) is 33.4 Å². The van der Waals surface area contributed by atoms with Gasteiger partial charge in [0.2, 0.25) is 11.8 Å². The van der Waals surface area contributed by atoms with Crippen LogP contribution in [0.2, 0.25) is 0 Å². The number of hydrogen-bond acceptors (Lipinski definition) is 3. The molecule has 2 aliphatic heterocycles. The summed E-state index contributed by atoms with van der Waals surface area (Å²) in [6.45, 7) is 2.37. The van der Waals surface area contributed by atoms with Gasteiger partial charge in [0, 0.05) is 18.7 Å². The summed E-state index contributed by atoms with van der Waals surface area (Å²) in [5, 5.41) is 2.84. The van der Waals surface area contributed by atoms with Gasteiger partial charge in [-0.05, 0) is 31.0 Å². The first-order valence-electron chi connectivity index (χ1n) is 6.98. The molecule has 3 rings (SSSR count). The zero-order valence-corrected chi connectivity index (χ0v) is 12.6.